The van der Waals surface area contributed by atoms with Crippen LogP contribution in [0.1, 0.15) is 45.9 Å². The summed E-state index contributed by atoms with van der Waals surface area (Å²) in [6, 6.07) is 7.93. The van der Waals surface area contributed by atoms with Gasteiger partial charge >= 0.3 is 11.9 Å². The molecule has 0 radical (unpaired) electrons. The molecule has 1 aliphatic heterocycles. The van der Waals surface area contributed by atoms with Gasteiger partial charge < -0.3 is 23.4 Å². The van der Waals surface area contributed by atoms with Crippen molar-refractivity contribution >= 4 is 17.7 Å². The highest BCUT2D eigenvalue weighted by atomic mass is 16.6. The van der Waals surface area contributed by atoms with Gasteiger partial charge in [0.15, 0.2) is 17.3 Å². The van der Waals surface area contributed by atoms with E-state index in [2.05, 4.69) is 4.74 Å². The van der Waals surface area contributed by atoms with Crippen LogP contribution in [-0.2, 0) is 20.9 Å². The molecular formula is C20H20O8. The average molecular weight is 388 g/mol. The monoisotopic (exact) mass is 388 g/mol. The number of esters is 2. The third-order valence-electron chi connectivity index (χ3n) is 4.05. The SMILES string of the molecule is COC(=O)c1ccc(COC(=O)CCC(=O)c2ccc3c(c2)OCCCO3)o1. The molecule has 28 heavy (non-hydrogen) atoms. The minimum atomic E-state index is -0.613. The van der Waals surface area contributed by atoms with E-state index in [9.17, 15) is 14.4 Å². The molecule has 0 bridgehead atoms. The van der Waals surface area contributed by atoms with Crippen molar-refractivity contribution in [3.63, 3.8) is 0 Å². The first-order valence-electron chi connectivity index (χ1n) is 8.82. The van der Waals surface area contributed by atoms with E-state index in [1.54, 1.807) is 18.2 Å². The maximum Gasteiger partial charge on any atom is 0.373 e. The topological polar surface area (TPSA) is 101 Å². The molecule has 0 fully saturated rings. The second kappa shape index (κ2) is 9.07. The van der Waals surface area contributed by atoms with Crippen LogP contribution in [0.15, 0.2) is 34.7 Å². The summed E-state index contributed by atoms with van der Waals surface area (Å²) in [6.07, 6.45) is 0.711. The molecule has 0 saturated heterocycles. The molecule has 0 atom stereocenters. The van der Waals surface area contributed by atoms with Crippen molar-refractivity contribution in [2.24, 2.45) is 0 Å². The third kappa shape index (κ3) is 4.91. The van der Waals surface area contributed by atoms with E-state index in [1.165, 1.54) is 19.2 Å². The molecule has 2 aromatic rings. The maximum atomic E-state index is 12.3. The van der Waals surface area contributed by atoms with Crippen molar-refractivity contribution in [1.82, 2.24) is 0 Å². The minimum absolute atomic E-state index is 0.00401. The van der Waals surface area contributed by atoms with Gasteiger partial charge in [0.05, 0.1) is 26.7 Å². The standard InChI is InChI=1S/C20H20O8/c1-24-20(23)17-7-4-14(28-17)12-27-19(22)8-5-15(21)13-3-6-16-18(11-13)26-10-2-9-25-16/h3-4,6-7,11H,2,5,8-10,12H2,1H3. The molecule has 2 heterocycles. The summed E-state index contributed by atoms with van der Waals surface area (Å²) in [7, 11) is 1.24. The fourth-order valence-electron chi connectivity index (χ4n) is 2.59. The Labute approximate surface area is 161 Å². The molecule has 8 heteroatoms. The second-order valence-corrected chi connectivity index (χ2v) is 6.05. The lowest BCUT2D eigenvalue weighted by molar-refractivity contribution is -0.145. The Hall–Kier alpha value is -3.29. The van der Waals surface area contributed by atoms with Crippen LogP contribution < -0.4 is 9.47 Å². The first-order valence-corrected chi connectivity index (χ1v) is 8.82. The molecular weight excluding hydrogens is 368 g/mol. The summed E-state index contributed by atoms with van der Waals surface area (Å²) in [5.41, 5.74) is 0.450. The van der Waals surface area contributed by atoms with Gasteiger partial charge in [-0.05, 0) is 30.3 Å². The summed E-state index contributed by atoms with van der Waals surface area (Å²) in [5, 5.41) is 0. The predicted molar refractivity (Wildman–Crippen MR) is 95.5 cm³/mol. The van der Waals surface area contributed by atoms with Crippen LogP contribution >= 0.6 is 0 Å². The fourth-order valence-corrected chi connectivity index (χ4v) is 2.59. The summed E-state index contributed by atoms with van der Waals surface area (Å²) >= 11 is 0. The summed E-state index contributed by atoms with van der Waals surface area (Å²) < 4.78 is 25.9. The molecule has 1 aromatic heterocycles. The van der Waals surface area contributed by atoms with Gasteiger partial charge in [-0.15, -0.1) is 0 Å². The largest absolute Gasteiger partial charge is 0.490 e. The molecule has 1 aliphatic rings. The van der Waals surface area contributed by atoms with Crippen LogP contribution in [0.2, 0.25) is 0 Å². The number of hydrogen-bond acceptors (Lipinski definition) is 8. The van der Waals surface area contributed by atoms with E-state index in [1.807, 2.05) is 0 Å². The number of carbonyl (C=O) groups is 3. The van der Waals surface area contributed by atoms with Gasteiger partial charge in [0.2, 0.25) is 5.76 Å². The van der Waals surface area contributed by atoms with Gasteiger partial charge in [-0.25, -0.2) is 4.79 Å². The zero-order valence-electron chi connectivity index (χ0n) is 15.4. The van der Waals surface area contributed by atoms with E-state index < -0.39 is 11.9 Å². The van der Waals surface area contributed by atoms with Crippen LogP contribution in [0.3, 0.4) is 0 Å². The number of rotatable bonds is 7. The van der Waals surface area contributed by atoms with E-state index >= 15 is 0 Å². The van der Waals surface area contributed by atoms with E-state index in [-0.39, 0.29) is 31.0 Å². The number of furan rings is 1. The zero-order chi connectivity index (χ0) is 19.9. The number of methoxy groups -OCH3 is 1. The molecule has 8 nitrogen and oxygen atoms in total. The molecule has 0 aliphatic carbocycles. The quantitative estimate of drug-likeness (QED) is 0.527. The highest BCUT2D eigenvalue weighted by Gasteiger charge is 2.16. The number of fused-ring (bicyclic) bond motifs is 1. The molecule has 0 spiro atoms. The normalized spacial score (nSPS) is 12.8. The smallest absolute Gasteiger partial charge is 0.373 e. The van der Waals surface area contributed by atoms with E-state index in [4.69, 9.17) is 18.6 Å². The number of Topliss-reactive ketones (excluding diaryl/α,β-unsaturated/α-hetero) is 1. The Balaban J connectivity index is 1.48. The third-order valence-corrected chi connectivity index (χ3v) is 4.05. The van der Waals surface area contributed by atoms with E-state index in [0.717, 1.165) is 6.42 Å². The van der Waals surface area contributed by atoms with Gasteiger partial charge in [-0.1, -0.05) is 0 Å². The molecule has 3 rings (SSSR count). The highest BCUT2D eigenvalue weighted by molar-refractivity contribution is 5.98. The lowest BCUT2D eigenvalue weighted by atomic mass is 10.1. The van der Waals surface area contributed by atoms with Crippen molar-refractivity contribution in [2.45, 2.75) is 25.9 Å². The number of ketones is 1. The molecule has 1 aromatic carbocycles. The molecule has 0 N–H and O–H groups in total. The van der Waals surface area contributed by atoms with Crippen LogP contribution in [0.5, 0.6) is 11.5 Å². The molecule has 0 unspecified atom stereocenters. The van der Waals surface area contributed by atoms with Gasteiger partial charge in [-0.2, -0.15) is 0 Å². The van der Waals surface area contributed by atoms with Gasteiger partial charge in [-0.3, -0.25) is 9.59 Å². The van der Waals surface area contributed by atoms with Crippen molar-refractivity contribution in [3.05, 3.63) is 47.4 Å². The Morgan fingerprint density at radius 3 is 2.57 bits per heavy atom. The second-order valence-electron chi connectivity index (χ2n) is 6.05. The average Bonchev–Trinajstić information content (AvgIpc) is 3.07. The lowest BCUT2D eigenvalue weighted by Gasteiger charge is -2.09. The highest BCUT2D eigenvalue weighted by Crippen LogP contribution is 2.30. The van der Waals surface area contributed by atoms with E-state index in [0.29, 0.717) is 36.0 Å². The first-order chi connectivity index (χ1) is 13.6. The minimum Gasteiger partial charge on any atom is -0.490 e. The number of hydrogen-bond donors (Lipinski definition) is 0. The fraction of sp³-hybridized carbons (Fsp3) is 0.350. The van der Waals surface area contributed by atoms with Crippen molar-refractivity contribution in [1.29, 1.82) is 0 Å². The van der Waals surface area contributed by atoms with Gasteiger partial charge in [0, 0.05) is 18.4 Å². The van der Waals surface area contributed by atoms with Crippen LogP contribution in [0.4, 0.5) is 0 Å². The molecule has 0 amide bonds. The van der Waals surface area contributed by atoms with Crippen LogP contribution in [0, 0.1) is 0 Å². The maximum absolute atomic E-state index is 12.3. The van der Waals surface area contributed by atoms with Crippen molar-refractivity contribution < 1.29 is 37.7 Å². The summed E-state index contributed by atoms with van der Waals surface area (Å²) in [5.74, 6) is 0.125. The van der Waals surface area contributed by atoms with Crippen molar-refractivity contribution in [3.8, 4) is 11.5 Å². The number of carbonyl (C=O) groups excluding carboxylic acids is 3. The summed E-state index contributed by atoms with van der Waals surface area (Å²) in [4.78, 5) is 35.5. The van der Waals surface area contributed by atoms with Crippen LogP contribution in [0.25, 0.3) is 0 Å². The number of ether oxygens (including phenoxy) is 4. The molecule has 0 saturated carbocycles. The zero-order valence-corrected chi connectivity index (χ0v) is 15.4. The van der Waals surface area contributed by atoms with Crippen molar-refractivity contribution in [2.75, 3.05) is 20.3 Å². The molecule has 148 valence electrons. The Bertz CT molecular complexity index is 867. The predicted octanol–water partition coefficient (Wildman–Crippen LogP) is 2.93. The first kappa shape index (κ1) is 19.5. The lowest BCUT2D eigenvalue weighted by Crippen LogP contribution is -2.08. The van der Waals surface area contributed by atoms with Gasteiger partial charge in [0.1, 0.15) is 12.4 Å². The van der Waals surface area contributed by atoms with Crippen LogP contribution in [-0.4, -0.2) is 38.0 Å². The summed E-state index contributed by atoms with van der Waals surface area (Å²) in [6.45, 7) is 0.971. The Morgan fingerprint density at radius 1 is 1.00 bits per heavy atom. The van der Waals surface area contributed by atoms with Gasteiger partial charge in [0.25, 0.3) is 0 Å². The Kier molecular flexibility index (Phi) is 6.31. The Morgan fingerprint density at radius 2 is 1.79 bits per heavy atom. The number of benzene rings is 1.